The smallest absolute Gasteiger partial charge is 0.274 e. The lowest BCUT2D eigenvalue weighted by molar-refractivity contribution is -0.116. The number of halogens is 2. The summed E-state index contributed by atoms with van der Waals surface area (Å²) in [6.45, 7) is 3.20. The maximum Gasteiger partial charge on any atom is 0.274 e. The van der Waals surface area contributed by atoms with Gasteiger partial charge in [-0.05, 0) is 24.6 Å². The van der Waals surface area contributed by atoms with Crippen molar-refractivity contribution >= 4 is 49.7 Å². The zero-order valence-corrected chi connectivity index (χ0v) is 22.1. The summed E-state index contributed by atoms with van der Waals surface area (Å²) in [5.74, 6) is -2.33. The molecule has 0 atom stereocenters. The van der Waals surface area contributed by atoms with Crippen LogP contribution in [-0.4, -0.2) is 47.7 Å². The number of fused-ring (bicyclic) bond motifs is 3. The lowest BCUT2D eigenvalue weighted by atomic mass is 9.98. The highest BCUT2D eigenvalue weighted by Crippen LogP contribution is 2.49. The number of sulfonamides is 1. The van der Waals surface area contributed by atoms with E-state index >= 15 is 4.39 Å². The first kappa shape index (κ1) is 25.0. The molecule has 0 saturated carbocycles. The molecule has 1 N–H and O–H groups in total. The first-order valence-electron chi connectivity index (χ1n) is 12.3. The van der Waals surface area contributed by atoms with Crippen LogP contribution in [0.3, 0.4) is 0 Å². The molecule has 4 aromatic rings. The van der Waals surface area contributed by atoms with Gasteiger partial charge in [0.25, 0.3) is 5.56 Å². The molecular formula is C26H24F2N6O4S. The highest BCUT2D eigenvalue weighted by atomic mass is 32.2. The molecule has 0 spiro atoms. The first-order chi connectivity index (χ1) is 18.5. The SMILES string of the molecule is CCS(=O)(=O)N1CCN(C(C)=O)c2cc3c(cc21)-c1cn(C)c(=O)c2[nH]cc(c12)CN3c1ncc(F)cc1F. The topological polar surface area (TPSA) is 112 Å². The predicted molar refractivity (Wildman–Crippen MR) is 144 cm³/mol. The van der Waals surface area contributed by atoms with Crippen molar-refractivity contribution in [1.82, 2.24) is 14.5 Å². The lowest BCUT2D eigenvalue weighted by Gasteiger charge is -2.38. The van der Waals surface area contributed by atoms with E-state index in [-0.39, 0.29) is 42.7 Å². The molecule has 2 aliphatic rings. The van der Waals surface area contributed by atoms with E-state index in [1.165, 1.54) is 20.7 Å². The number of aromatic amines is 1. The second-order valence-electron chi connectivity index (χ2n) is 9.57. The van der Waals surface area contributed by atoms with Crippen LogP contribution in [0.1, 0.15) is 19.4 Å². The van der Waals surface area contributed by atoms with Gasteiger partial charge in [-0.1, -0.05) is 0 Å². The standard InChI is InChI=1S/C26H24F2N6O4S/c1-4-39(37,38)34-6-5-32(14(2)35)21-9-20-17(8-22(21)34)18-13-31(3)26(36)24-23(18)15(10-29-24)12-33(20)25-19(28)7-16(27)11-30-25/h7-11,13,29H,4-6,12H2,1-3H3. The third kappa shape index (κ3) is 3.71. The Balaban J connectivity index is 1.74. The third-order valence-corrected chi connectivity index (χ3v) is 9.08. The highest BCUT2D eigenvalue weighted by molar-refractivity contribution is 7.92. The number of pyridine rings is 2. The molecular weight excluding hydrogens is 530 g/mol. The van der Waals surface area contributed by atoms with Crippen molar-refractivity contribution in [2.24, 2.45) is 7.05 Å². The van der Waals surface area contributed by atoms with Gasteiger partial charge in [-0.2, -0.15) is 0 Å². The van der Waals surface area contributed by atoms with E-state index in [1.54, 1.807) is 43.4 Å². The molecule has 0 saturated heterocycles. The molecule has 39 heavy (non-hydrogen) atoms. The molecule has 2 aliphatic heterocycles. The van der Waals surface area contributed by atoms with E-state index in [9.17, 15) is 22.4 Å². The molecule has 10 nitrogen and oxygen atoms in total. The van der Waals surface area contributed by atoms with Gasteiger partial charge in [0.1, 0.15) is 11.3 Å². The van der Waals surface area contributed by atoms with E-state index in [0.29, 0.717) is 44.7 Å². The van der Waals surface area contributed by atoms with Crippen molar-refractivity contribution in [3.8, 4) is 11.1 Å². The van der Waals surface area contributed by atoms with Crippen LogP contribution < -0.4 is 19.7 Å². The van der Waals surface area contributed by atoms with Gasteiger partial charge in [-0.3, -0.25) is 13.9 Å². The van der Waals surface area contributed by atoms with E-state index < -0.39 is 21.7 Å². The first-order valence-corrected chi connectivity index (χ1v) is 13.9. The van der Waals surface area contributed by atoms with Crippen LogP contribution in [0.5, 0.6) is 0 Å². The molecule has 202 valence electrons. The number of hydrogen-bond acceptors (Lipinski definition) is 6. The summed E-state index contributed by atoms with van der Waals surface area (Å²) >= 11 is 0. The monoisotopic (exact) mass is 554 g/mol. The number of nitrogens with zero attached hydrogens (tertiary/aromatic N) is 5. The molecule has 3 aromatic heterocycles. The molecule has 5 heterocycles. The number of nitrogens with one attached hydrogen (secondary N) is 1. The Kier molecular flexibility index (Phi) is 5.54. The van der Waals surface area contributed by atoms with Gasteiger partial charge in [-0.15, -0.1) is 0 Å². The largest absolute Gasteiger partial charge is 0.356 e. The number of hydrogen-bond donors (Lipinski definition) is 1. The zero-order chi connectivity index (χ0) is 27.8. The number of amides is 1. The number of aryl methyl sites for hydroxylation is 1. The summed E-state index contributed by atoms with van der Waals surface area (Å²) in [7, 11) is -2.10. The third-order valence-electron chi connectivity index (χ3n) is 7.30. The molecule has 1 aromatic carbocycles. The van der Waals surface area contributed by atoms with Gasteiger partial charge < -0.3 is 19.4 Å². The van der Waals surface area contributed by atoms with Crippen molar-refractivity contribution in [2.75, 3.05) is 32.9 Å². The second-order valence-corrected chi connectivity index (χ2v) is 11.8. The number of carbonyl (C=O) groups excluding carboxylic acids is 1. The van der Waals surface area contributed by atoms with E-state index in [2.05, 4.69) is 9.97 Å². The van der Waals surface area contributed by atoms with Crippen LogP contribution in [0.2, 0.25) is 0 Å². The molecule has 6 rings (SSSR count). The Morgan fingerprint density at radius 1 is 1.10 bits per heavy atom. The maximum absolute atomic E-state index is 15.2. The van der Waals surface area contributed by atoms with Crippen LogP contribution in [0.4, 0.5) is 31.7 Å². The quantitative estimate of drug-likeness (QED) is 0.416. The van der Waals surface area contributed by atoms with Gasteiger partial charge in [0.15, 0.2) is 11.6 Å². The minimum Gasteiger partial charge on any atom is -0.356 e. The molecule has 0 fully saturated rings. The second kappa shape index (κ2) is 8.63. The number of aromatic nitrogens is 3. The van der Waals surface area contributed by atoms with Gasteiger partial charge in [-0.25, -0.2) is 22.2 Å². The Labute approximate surface area is 222 Å². The maximum atomic E-state index is 15.2. The summed E-state index contributed by atoms with van der Waals surface area (Å²) in [6.07, 6.45) is 4.22. The molecule has 0 bridgehead atoms. The predicted octanol–water partition coefficient (Wildman–Crippen LogP) is 3.38. The summed E-state index contributed by atoms with van der Waals surface area (Å²) in [5.41, 5.74) is 2.91. The fourth-order valence-corrected chi connectivity index (χ4v) is 6.55. The average Bonchev–Trinajstić information content (AvgIpc) is 3.27. The van der Waals surface area contributed by atoms with Crippen LogP contribution in [0.15, 0.2) is 41.6 Å². The number of H-pyrrole nitrogens is 1. The lowest BCUT2D eigenvalue weighted by Crippen LogP contribution is -2.46. The number of rotatable bonds is 3. The Morgan fingerprint density at radius 2 is 1.87 bits per heavy atom. The van der Waals surface area contributed by atoms with Crippen LogP contribution >= 0.6 is 0 Å². The Bertz CT molecular complexity index is 1870. The van der Waals surface area contributed by atoms with Crippen LogP contribution in [0.25, 0.3) is 22.0 Å². The van der Waals surface area contributed by atoms with Crippen LogP contribution in [-0.2, 0) is 28.4 Å². The van der Waals surface area contributed by atoms with Crippen LogP contribution in [0, 0.1) is 11.6 Å². The van der Waals surface area contributed by atoms with Crippen molar-refractivity contribution in [3.63, 3.8) is 0 Å². The summed E-state index contributed by atoms with van der Waals surface area (Å²) in [6, 6.07) is 4.03. The summed E-state index contributed by atoms with van der Waals surface area (Å²) < 4.78 is 57.9. The van der Waals surface area contributed by atoms with Gasteiger partial charge in [0.05, 0.1) is 42.1 Å². The van der Waals surface area contributed by atoms with Gasteiger partial charge in [0, 0.05) is 55.5 Å². The van der Waals surface area contributed by atoms with Crippen molar-refractivity contribution < 1.29 is 22.0 Å². The van der Waals surface area contributed by atoms with Gasteiger partial charge in [0.2, 0.25) is 15.9 Å². The minimum absolute atomic E-state index is 0.0670. The Morgan fingerprint density at radius 3 is 2.56 bits per heavy atom. The van der Waals surface area contributed by atoms with E-state index in [4.69, 9.17) is 0 Å². The molecule has 13 heteroatoms. The normalized spacial score (nSPS) is 14.8. The number of carbonyl (C=O) groups is 1. The average molecular weight is 555 g/mol. The minimum atomic E-state index is -3.71. The number of anilines is 4. The number of benzene rings is 1. The summed E-state index contributed by atoms with van der Waals surface area (Å²) in [5, 5.41) is 0.605. The molecule has 1 amide bonds. The summed E-state index contributed by atoms with van der Waals surface area (Å²) in [4.78, 5) is 35.6. The molecule has 0 unspecified atom stereocenters. The van der Waals surface area contributed by atoms with Crippen molar-refractivity contribution in [3.05, 3.63) is 64.3 Å². The molecule has 0 radical (unpaired) electrons. The zero-order valence-electron chi connectivity index (χ0n) is 21.3. The van der Waals surface area contributed by atoms with Crippen molar-refractivity contribution in [1.29, 1.82) is 0 Å². The van der Waals surface area contributed by atoms with E-state index in [0.717, 1.165) is 12.3 Å². The van der Waals surface area contributed by atoms with Gasteiger partial charge >= 0.3 is 0 Å². The fourth-order valence-electron chi connectivity index (χ4n) is 5.44. The van der Waals surface area contributed by atoms with Crippen molar-refractivity contribution in [2.45, 2.75) is 20.4 Å². The fraction of sp³-hybridized carbons (Fsp3) is 0.269. The van der Waals surface area contributed by atoms with E-state index in [1.807, 2.05) is 0 Å². The highest BCUT2D eigenvalue weighted by Gasteiger charge is 2.35. The molecule has 0 aliphatic carbocycles. The Hall–Kier alpha value is -4.26.